The van der Waals surface area contributed by atoms with Crippen molar-refractivity contribution < 1.29 is 4.74 Å². The number of fused-ring (bicyclic) bond motifs is 2. The SMILES string of the molecule is C[C@@H]1OCC2(CCN(c3cnc4c(N5CCNc6ccccc65)n[nH]c4n3)CC2)[C@@H]1N. The standard InChI is InChI=1S/C22H28N8O/c1-14-19(23)22(13-31-14)6-9-29(10-7-22)17-12-25-18-20(26-17)27-28-21(18)30-11-8-24-15-4-2-3-5-16(15)30/h2-5,12,14,19,24H,6-11,13,23H2,1H3,(H,26,27,28)/t14-,19+/m0/s1. The maximum Gasteiger partial charge on any atom is 0.183 e. The van der Waals surface area contributed by atoms with Gasteiger partial charge in [0, 0.05) is 37.6 Å². The number of hydrogen-bond donors (Lipinski definition) is 3. The third kappa shape index (κ3) is 2.95. The van der Waals surface area contributed by atoms with Gasteiger partial charge in [0.25, 0.3) is 0 Å². The number of H-pyrrole nitrogens is 1. The van der Waals surface area contributed by atoms with E-state index in [2.05, 4.69) is 44.4 Å². The summed E-state index contributed by atoms with van der Waals surface area (Å²) >= 11 is 0. The number of hydrogen-bond acceptors (Lipinski definition) is 8. The van der Waals surface area contributed by atoms with Crippen molar-refractivity contribution in [1.29, 1.82) is 0 Å². The Balaban J connectivity index is 1.25. The molecule has 2 aromatic heterocycles. The van der Waals surface area contributed by atoms with Gasteiger partial charge in [-0.3, -0.25) is 5.10 Å². The molecular formula is C22H28N8O. The minimum Gasteiger partial charge on any atom is -0.382 e. The lowest BCUT2D eigenvalue weighted by molar-refractivity contribution is 0.0974. The van der Waals surface area contributed by atoms with Crippen LogP contribution in [0.5, 0.6) is 0 Å². The largest absolute Gasteiger partial charge is 0.382 e. The molecule has 3 aromatic rings. The van der Waals surface area contributed by atoms with E-state index < -0.39 is 0 Å². The normalized spacial score (nSPS) is 25.1. The maximum absolute atomic E-state index is 6.46. The summed E-state index contributed by atoms with van der Waals surface area (Å²) < 4.78 is 5.85. The quantitative estimate of drug-likeness (QED) is 0.579. The molecule has 0 radical (unpaired) electrons. The van der Waals surface area contributed by atoms with E-state index in [1.54, 1.807) is 0 Å². The molecule has 9 heteroatoms. The molecule has 0 unspecified atom stereocenters. The lowest BCUT2D eigenvalue weighted by Gasteiger charge is -2.41. The lowest BCUT2D eigenvalue weighted by Crippen LogP contribution is -2.50. The highest BCUT2D eigenvalue weighted by Crippen LogP contribution is 2.42. The molecule has 6 rings (SSSR count). The molecule has 31 heavy (non-hydrogen) atoms. The van der Waals surface area contributed by atoms with Gasteiger partial charge in [0.05, 0.1) is 30.3 Å². The number of rotatable bonds is 2. The summed E-state index contributed by atoms with van der Waals surface area (Å²) in [5.74, 6) is 1.71. The number of nitrogens with zero attached hydrogens (tertiary/aromatic N) is 5. The highest BCUT2D eigenvalue weighted by atomic mass is 16.5. The average Bonchev–Trinajstić information content (AvgIpc) is 3.36. The minimum atomic E-state index is 0.101. The first-order valence-corrected chi connectivity index (χ1v) is 11.1. The Kier molecular flexibility index (Phi) is 4.29. The van der Waals surface area contributed by atoms with Gasteiger partial charge in [-0.1, -0.05) is 12.1 Å². The molecule has 4 N–H and O–H groups in total. The number of anilines is 4. The first-order valence-electron chi connectivity index (χ1n) is 11.1. The maximum atomic E-state index is 6.46. The lowest BCUT2D eigenvalue weighted by atomic mass is 9.73. The Morgan fingerprint density at radius 2 is 2.03 bits per heavy atom. The molecule has 2 atom stereocenters. The number of nitrogens with one attached hydrogen (secondary N) is 2. The number of benzene rings is 1. The van der Waals surface area contributed by atoms with E-state index >= 15 is 0 Å². The van der Waals surface area contributed by atoms with Crippen molar-refractivity contribution in [2.75, 3.05) is 47.9 Å². The molecule has 3 aliphatic rings. The number of nitrogens with two attached hydrogens (primary N) is 1. The van der Waals surface area contributed by atoms with Crippen molar-refractivity contribution in [2.45, 2.75) is 31.9 Å². The summed E-state index contributed by atoms with van der Waals surface area (Å²) in [5.41, 5.74) is 10.3. The smallest absolute Gasteiger partial charge is 0.183 e. The highest BCUT2D eigenvalue weighted by Gasteiger charge is 2.47. The third-order valence-corrected chi connectivity index (χ3v) is 7.27. The van der Waals surface area contributed by atoms with Gasteiger partial charge in [-0.25, -0.2) is 9.97 Å². The second-order valence-electron chi connectivity index (χ2n) is 8.96. The van der Waals surface area contributed by atoms with E-state index in [1.165, 1.54) is 0 Å². The summed E-state index contributed by atoms with van der Waals surface area (Å²) in [7, 11) is 0. The van der Waals surface area contributed by atoms with Crippen molar-refractivity contribution in [1.82, 2.24) is 20.2 Å². The van der Waals surface area contributed by atoms with E-state index in [-0.39, 0.29) is 17.6 Å². The first-order chi connectivity index (χ1) is 15.1. The van der Waals surface area contributed by atoms with Gasteiger partial charge in [0.15, 0.2) is 17.0 Å². The van der Waals surface area contributed by atoms with Crippen molar-refractivity contribution >= 4 is 34.2 Å². The Morgan fingerprint density at radius 3 is 2.84 bits per heavy atom. The van der Waals surface area contributed by atoms with Gasteiger partial charge in [-0.15, -0.1) is 0 Å². The summed E-state index contributed by atoms with van der Waals surface area (Å²) in [6.07, 6.45) is 4.05. The van der Waals surface area contributed by atoms with Crippen LogP contribution >= 0.6 is 0 Å². The zero-order chi connectivity index (χ0) is 21.0. The Labute approximate surface area is 181 Å². The number of aromatic nitrogens is 4. The van der Waals surface area contributed by atoms with E-state index in [4.69, 9.17) is 20.4 Å². The van der Waals surface area contributed by atoms with Gasteiger partial charge < -0.3 is 25.6 Å². The van der Waals surface area contributed by atoms with Crippen LogP contribution in [0, 0.1) is 5.41 Å². The number of piperidine rings is 1. The molecule has 0 bridgehead atoms. The van der Waals surface area contributed by atoms with E-state index in [0.29, 0.717) is 0 Å². The fraction of sp³-hybridized carbons (Fsp3) is 0.500. The summed E-state index contributed by atoms with van der Waals surface area (Å²) in [4.78, 5) is 14.1. The van der Waals surface area contributed by atoms with Crippen LogP contribution in [-0.2, 0) is 4.74 Å². The Morgan fingerprint density at radius 1 is 1.19 bits per heavy atom. The van der Waals surface area contributed by atoms with Crippen LogP contribution in [0.3, 0.4) is 0 Å². The zero-order valence-electron chi connectivity index (χ0n) is 17.7. The number of aromatic amines is 1. The molecular weight excluding hydrogens is 392 g/mol. The molecule has 9 nitrogen and oxygen atoms in total. The van der Waals surface area contributed by atoms with E-state index in [1.807, 2.05) is 18.3 Å². The number of para-hydroxylation sites is 2. The van der Waals surface area contributed by atoms with Crippen LogP contribution in [0.4, 0.5) is 23.0 Å². The number of ether oxygens (including phenoxy) is 1. The summed E-state index contributed by atoms with van der Waals surface area (Å²) in [5, 5.41) is 11.1. The van der Waals surface area contributed by atoms with E-state index in [0.717, 1.165) is 79.8 Å². The van der Waals surface area contributed by atoms with Crippen molar-refractivity contribution in [2.24, 2.45) is 11.1 Å². The van der Waals surface area contributed by atoms with Gasteiger partial charge in [-0.2, -0.15) is 5.10 Å². The predicted octanol–water partition coefficient (Wildman–Crippen LogP) is 2.25. The highest BCUT2D eigenvalue weighted by molar-refractivity contribution is 5.90. The minimum absolute atomic E-state index is 0.101. The summed E-state index contributed by atoms with van der Waals surface area (Å²) in [6.45, 7) is 6.36. The Bertz CT molecular complexity index is 1110. The molecule has 1 aromatic carbocycles. The van der Waals surface area contributed by atoms with Crippen molar-refractivity contribution in [3.05, 3.63) is 30.5 Å². The Hall–Kier alpha value is -2.91. The molecule has 2 saturated heterocycles. The van der Waals surface area contributed by atoms with Crippen LogP contribution in [-0.4, -0.2) is 65.1 Å². The van der Waals surface area contributed by atoms with Crippen LogP contribution in [0.25, 0.3) is 11.2 Å². The van der Waals surface area contributed by atoms with Crippen LogP contribution < -0.4 is 20.9 Å². The van der Waals surface area contributed by atoms with E-state index in [9.17, 15) is 0 Å². The van der Waals surface area contributed by atoms with Gasteiger partial charge in [0.2, 0.25) is 0 Å². The van der Waals surface area contributed by atoms with Crippen LogP contribution in [0.2, 0.25) is 0 Å². The fourth-order valence-corrected chi connectivity index (χ4v) is 5.28. The second kappa shape index (κ2) is 7.06. The zero-order valence-corrected chi connectivity index (χ0v) is 17.7. The molecule has 0 amide bonds. The molecule has 3 aliphatic heterocycles. The molecule has 0 aliphatic carbocycles. The van der Waals surface area contributed by atoms with Gasteiger partial charge in [0.1, 0.15) is 5.82 Å². The van der Waals surface area contributed by atoms with Crippen molar-refractivity contribution in [3.63, 3.8) is 0 Å². The summed E-state index contributed by atoms with van der Waals surface area (Å²) in [6, 6.07) is 8.39. The van der Waals surface area contributed by atoms with Crippen LogP contribution in [0.1, 0.15) is 19.8 Å². The monoisotopic (exact) mass is 420 g/mol. The fourth-order valence-electron chi connectivity index (χ4n) is 5.28. The molecule has 5 heterocycles. The molecule has 0 saturated carbocycles. The molecule has 1 spiro atoms. The van der Waals surface area contributed by atoms with Gasteiger partial charge in [-0.05, 0) is 31.9 Å². The third-order valence-electron chi connectivity index (χ3n) is 7.27. The topological polar surface area (TPSA) is 108 Å². The van der Waals surface area contributed by atoms with Crippen molar-refractivity contribution in [3.8, 4) is 0 Å². The average molecular weight is 421 g/mol. The van der Waals surface area contributed by atoms with Crippen LogP contribution in [0.15, 0.2) is 30.5 Å². The second-order valence-corrected chi connectivity index (χ2v) is 8.96. The first kappa shape index (κ1) is 18.8. The predicted molar refractivity (Wildman–Crippen MR) is 121 cm³/mol. The molecule has 2 fully saturated rings. The molecule has 162 valence electrons. The van der Waals surface area contributed by atoms with Gasteiger partial charge >= 0.3 is 0 Å².